The summed E-state index contributed by atoms with van der Waals surface area (Å²) in [6.07, 6.45) is 0.481. The third-order valence-corrected chi connectivity index (χ3v) is 8.44. The Balaban J connectivity index is 1.55. The van der Waals surface area contributed by atoms with E-state index in [4.69, 9.17) is 4.74 Å². The average molecular weight is 499 g/mol. The third-order valence-electron chi connectivity index (χ3n) is 8.44. The molecule has 4 rings (SSSR count). The maximum Gasteiger partial charge on any atom is 0.254 e. The number of hydrogen-bond acceptors (Lipinski definition) is 6. The molecule has 36 heavy (non-hydrogen) atoms. The van der Waals surface area contributed by atoms with Crippen molar-refractivity contribution in [2.75, 3.05) is 50.8 Å². The Labute approximate surface area is 215 Å². The lowest BCUT2D eigenvalue weighted by Crippen LogP contribution is -2.54. The smallest absolute Gasteiger partial charge is 0.254 e. The van der Waals surface area contributed by atoms with Crippen LogP contribution in [-0.4, -0.2) is 91.5 Å². The van der Waals surface area contributed by atoms with Gasteiger partial charge >= 0.3 is 0 Å². The number of rotatable bonds is 8. The second kappa shape index (κ2) is 11.3. The highest BCUT2D eigenvalue weighted by molar-refractivity contribution is 6.02. The van der Waals surface area contributed by atoms with Crippen molar-refractivity contribution < 1.29 is 19.1 Å². The van der Waals surface area contributed by atoms with Gasteiger partial charge in [-0.3, -0.25) is 14.4 Å². The Bertz CT molecular complexity index is 959. The molecule has 5 atom stereocenters. The van der Waals surface area contributed by atoms with E-state index in [-0.39, 0.29) is 48.1 Å². The number of nitrogens with zero attached hydrogens (tertiary/aromatic N) is 3. The van der Waals surface area contributed by atoms with Crippen molar-refractivity contribution >= 4 is 23.3 Å². The van der Waals surface area contributed by atoms with E-state index in [2.05, 4.69) is 35.9 Å². The lowest BCUT2D eigenvalue weighted by atomic mass is 9.91. The van der Waals surface area contributed by atoms with E-state index in [0.717, 1.165) is 44.8 Å². The van der Waals surface area contributed by atoms with Gasteiger partial charge in [-0.05, 0) is 30.5 Å². The Hall–Kier alpha value is -2.45. The van der Waals surface area contributed by atoms with Gasteiger partial charge in [0, 0.05) is 44.3 Å². The molecule has 8 heteroatoms. The molecule has 1 aromatic carbocycles. The number of fused-ring (bicyclic) bond motifs is 1. The van der Waals surface area contributed by atoms with Crippen LogP contribution in [-0.2, 0) is 14.3 Å². The number of piperazine rings is 1. The number of Topliss-reactive ketones (excluding diaryl/α,β-unsaturated/α-hetero) is 1. The number of amides is 2. The summed E-state index contributed by atoms with van der Waals surface area (Å²) in [6, 6.07) is 6.40. The van der Waals surface area contributed by atoms with Crippen molar-refractivity contribution in [3.05, 3.63) is 29.8 Å². The molecule has 0 unspecified atom stereocenters. The first-order chi connectivity index (χ1) is 17.3. The van der Waals surface area contributed by atoms with Crippen molar-refractivity contribution in [1.82, 2.24) is 15.1 Å². The molecular formula is C28H42N4O4. The van der Waals surface area contributed by atoms with Crippen molar-refractivity contribution in [2.24, 2.45) is 17.8 Å². The van der Waals surface area contributed by atoms with Crippen LogP contribution in [0.15, 0.2) is 24.3 Å². The van der Waals surface area contributed by atoms with E-state index in [1.165, 1.54) is 0 Å². The number of nitrogens with one attached hydrogen (secondary N) is 1. The molecule has 0 radical (unpaired) electrons. The molecule has 8 nitrogen and oxygen atoms in total. The van der Waals surface area contributed by atoms with Gasteiger partial charge in [0.2, 0.25) is 5.91 Å². The molecule has 3 heterocycles. The van der Waals surface area contributed by atoms with Crippen LogP contribution in [0.5, 0.6) is 0 Å². The van der Waals surface area contributed by atoms with Gasteiger partial charge in [-0.1, -0.05) is 53.2 Å². The SMILES string of the molecule is CC[C@H](C)[C@H](NC(=O)c1ccccc1N1CCN(CC)CC1)C(=O)N1C[C@@H](C(C)C)[C@H]2OCC(=O)[C@H]21. The average Bonchev–Trinajstić information content (AvgIpc) is 3.47. The minimum Gasteiger partial charge on any atom is -0.368 e. The summed E-state index contributed by atoms with van der Waals surface area (Å²) in [4.78, 5) is 46.6. The minimum atomic E-state index is -0.701. The molecule has 198 valence electrons. The molecule has 3 saturated heterocycles. The van der Waals surface area contributed by atoms with Crippen LogP contribution >= 0.6 is 0 Å². The number of carbonyl (C=O) groups excluding carboxylic acids is 3. The normalized spacial score (nSPS) is 26.3. The van der Waals surface area contributed by atoms with Crippen molar-refractivity contribution in [1.29, 1.82) is 0 Å². The van der Waals surface area contributed by atoms with Crippen molar-refractivity contribution in [3.8, 4) is 0 Å². The van der Waals surface area contributed by atoms with E-state index >= 15 is 0 Å². The molecule has 1 aromatic rings. The van der Waals surface area contributed by atoms with Crippen LogP contribution in [0, 0.1) is 17.8 Å². The number of ketones is 1. The highest BCUT2D eigenvalue weighted by Crippen LogP contribution is 2.36. The van der Waals surface area contributed by atoms with Crippen molar-refractivity contribution in [2.45, 2.75) is 59.2 Å². The van der Waals surface area contributed by atoms with Gasteiger partial charge in [0.15, 0.2) is 5.78 Å². The molecule has 1 N–H and O–H groups in total. The van der Waals surface area contributed by atoms with Gasteiger partial charge < -0.3 is 24.8 Å². The Morgan fingerprint density at radius 1 is 1.08 bits per heavy atom. The van der Waals surface area contributed by atoms with Crippen LogP contribution in [0.4, 0.5) is 5.69 Å². The summed E-state index contributed by atoms with van der Waals surface area (Å²) in [6.45, 7) is 15.6. The maximum absolute atomic E-state index is 13.9. The van der Waals surface area contributed by atoms with E-state index < -0.39 is 12.1 Å². The number of likely N-dealkylation sites (N-methyl/N-ethyl adjacent to an activating group) is 1. The van der Waals surface area contributed by atoms with Gasteiger partial charge in [-0.25, -0.2) is 0 Å². The topological polar surface area (TPSA) is 82.2 Å². The van der Waals surface area contributed by atoms with Gasteiger partial charge in [0.05, 0.1) is 11.7 Å². The van der Waals surface area contributed by atoms with Crippen molar-refractivity contribution in [3.63, 3.8) is 0 Å². The largest absolute Gasteiger partial charge is 0.368 e. The first-order valence-electron chi connectivity index (χ1n) is 13.6. The van der Waals surface area contributed by atoms with Crippen LogP contribution in [0.1, 0.15) is 51.4 Å². The summed E-state index contributed by atoms with van der Waals surface area (Å²) >= 11 is 0. The number of likely N-dealkylation sites (tertiary alicyclic amines) is 1. The van der Waals surface area contributed by atoms with Crippen LogP contribution in [0.25, 0.3) is 0 Å². The first-order valence-corrected chi connectivity index (χ1v) is 13.6. The molecule has 0 spiro atoms. The number of ether oxygens (including phenoxy) is 1. The zero-order valence-corrected chi connectivity index (χ0v) is 22.4. The van der Waals surface area contributed by atoms with Gasteiger partial charge in [-0.15, -0.1) is 0 Å². The predicted molar refractivity (Wildman–Crippen MR) is 140 cm³/mol. The number of para-hydroxylation sites is 1. The first kappa shape index (κ1) is 26.6. The van der Waals surface area contributed by atoms with Gasteiger partial charge in [0.25, 0.3) is 5.91 Å². The molecule has 2 amide bonds. The summed E-state index contributed by atoms with van der Waals surface area (Å²) in [5.41, 5.74) is 1.49. The molecule has 0 saturated carbocycles. The monoisotopic (exact) mass is 498 g/mol. The summed E-state index contributed by atoms with van der Waals surface area (Å²) in [5, 5.41) is 3.08. The number of benzene rings is 1. The predicted octanol–water partition coefficient (Wildman–Crippen LogP) is 2.42. The lowest BCUT2D eigenvalue weighted by Gasteiger charge is -2.36. The fourth-order valence-corrected chi connectivity index (χ4v) is 5.84. The zero-order chi connectivity index (χ0) is 26.0. The number of anilines is 1. The Kier molecular flexibility index (Phi) is 8.35. The molecule has 0 aliphatic carbocycles. The Morgan fingerprint density at radius 3 is 2.42 bits per heavy atom. The van der Waals surface area contributed by atoms with Crippen LogP contribution in [0.2, 0.25) is 0 Å². The summed E-state index contributed by atoms with van der Waals surface area (Å²) < 4.78 is 5.82. The highest BCUT2D eigenvalue weighted by Gasteiger charge is 2.54. The van der Waals surface area contributed by atoms with E-state index in [1.807, 2.05) is 38.1 Å². The Morgan fingerprint density at radius 2 is 1.78 bits per heavy atom. The molecule has 3 aliphatic rings. The molecule has 0 aromatic heterocycles. The number of hydrogen-bond donors (Lipinski definition) is 1. The fourth-order valence-electron chi connectivity index (χ4n) is 5.84. The third kappa shape index (κ3) is 5.16. The van der Waals surface area contributed by atoms with Crippen LogP contribution < -0.4 is 10.2 Å². The van der Waals surface area contributed by atoms with E-state index in [1.54, 1.807) is 4.90 Å². The fraction of sp³-hybridized carbons (Fsp3) is 0.679. The molecule has 0 bridgehead atoms. The van der Waals surface area contributed by atoms with E-state index in [9.17, 15) is 14.4 Å². The zero-order valence-electron chi connectivity index (χ0n) is 22.4. The minimum absolute atomic E-state index is 0.0395. The quantitative estimate of drug-likeness (QED) is 0.593. The number of carbonyl (C=O) groups is 3. The summed E-state index contributed by atoms with van der Waals surface area (Å²) in [5.74, 6) is -0.131. The van der Waals surface area contributed by atoms with Gasteiger partial charge in [0.1, 0.15) is 18.7 Å². The van der Waals surface area contributed by atoms with E-state index in [0.29, 0.717) is 12.1 Å². The van der Waals surface area contributed by atoms with Gasteiger partial charge in [-0.2, -0.15) is 0 Å². The maximum atomic E-state index is 13.9. The second-order valence-corrected chi connectivity index (χ2v) is 10.9. The molecule has 3 fully saturated rings. The summed E-state index contributed by atoms with van der Waals surface area (Å²) in [7, 11) is 0. The highest BCUT2D eigenvalue weighted by atomic mass is 16.5. The lowest BCUT2D eigenvalue weighted by molar-refractivity contribution is -0.139. The second-order valence-electron chi connectivity index (χ2n) is 10.9. The standard InChI is InChI=1S/C28H42N4O4/c1-6-19(5)24(28(35)32-16-21(18(3)4)26-25(32)23(33)17-36-26)29-27(34)20-10-8-9-11-22(20)31-14-12-30(7-2)13-15-31/h8-11,18-19,21,24-26H,6-7,12-17H2,1-5H3,(H,29,34)/t19-,21-,24-,25+,26+/m0/s1. The molecular weight excluding hydrogens is 456 g/mol. The van der Waals surface area contributed by atoms with Crippen LogP contribution in [0.3, 0.4) is 0 Å². The molecule has 3 aliphatic heterocycles.